The average Bonchev–Trinajstić information content (AvgIpc) is 3.14. The third kappa shape index (κ3) is 3.13. The summed E-state index contributed by atoms with van der Waals surface area (Å²) in [5.41, 5.74) is -0.373. The average molecular weight is 357 g/mol. The van der Waals surface area contributed by atoms with Gasteiger partial charge < -0.3 is 19.9 Å². The van der Waals surface area contributed by atoms with Crippen LogP contribution >= 0.6 is 0 Å². The number of benzene rings is 1. The minimum absolute atomic E-state index is 0.00532. The first-order valence-corrected chi connectivity index (χ1v) is 9.22. The van der Waals surface area contributed by atoms with Gasteiger partial charge in [-0.1, -0.05) is 12.1 Å². The van der Waals surface area contributed by atoms with E-state index >= 15 is 0 Å². The number of para-hydroxylation sites is 1. The van der Waals surface area contributed by atoms with E-state index in [4.69, 9.17) is 4.74 Å². The molecule has 1 spiro atoms. The van der Waals surface area contributed by atoms with Crippen LogP contribution in [-0.2, 0) is 9.59 Å². The van der Waals surface area contributed by atoms with Gasteiger partial charge in [-0.2, -0.15) is 0 Å². The quantitative estimate of drug-likeness (QED) is 0.861. The smallest absolute Gasteiger partial charge is 0.258 e. The predicted molar refractivity (Wildman–Crippen MR) is 93.5 cm³/mol. The van der Waals surface area contributed by atoms with Gasteiger partial charge in [0, 0.05) is 38.9 Å². The molecule has 1 atom stereocenters. The van der Waals surface area contributed by atoms with Crippen molar-refractivity contribution in [2.45, 2.75) is 37.8 Å². The van der Waals surface area contributed by atoms with Crippen LogP contribution in [0.2, 0.25) is 0 Å². The second-order valence-electron chi connectivity index (χ2n) is 7.20. The Morgan fingerprint density at radius 2 is 1.88 bits per heavy atom. The molecular weight excluding hydrogens is 334 g/mol. The van der Waals surface area contributed by atoms with E-state index in [2.05, 4.69) is 5.32 Å². The molecule has 1 N–H and O–H groups in total. The number of nitrogens with one attached hydrogen (secondary N) is 1. The van der Waals surface area contributed by atoms with E-state index in [1.54, 1.807) is 23.1 Å². The van der Waals surface area contributed by atoms with Crippen LogP contribution in [0.3, 0.4) is 0 Å². The first-order valence-electron chi connectivity index (χ1n) is 9.22. The van der Waals surface area contributed by atoms with Crippen molar-refractivity contribution >= 4 is 17.7 Å². The topological polar surface area (TPSA) is 79.0 Å². The number of ether oxygens (including phenoxy) is 1. The predicted octanol–water partition coefficient (Wildman–Crippen LogP) is 1.14. The van der Waals surface area contributed by atoms with Crippen molar-refractivity contribution in [3.8, 4) is 5.75 Å². The fourth-order valence-corrected chi connectivity index (χ4v) is 3.91. The van der Waals surface area contributed by atoms with Gasteiger partial charge in [0.1, 0.15) is 5.75 Å². The lowest BCUT2D eigenvalue weighted by Crippen LogP contribution is -2.56. The normalized spacial score (nSPS) is 25.5. The SMILES string of the molecule is O=C1NC2(CCC(=O)N(CC(=O)N3CCCC3)CC2)Oc2ccccc21. The first-order chi connectivity index (χ1) is 12.6. The zero-order valence-electron chi connectivity index (χ0n) is 14.7. The fraction of sp³-hybridized carbons (Fsp3) is 0.526. The number of carbonyl (C=O) groups excluding carboxylic acids is 3. The van der Waals surface area contributed by atoms with Crippen LogP contribution in [0.15, 0.2) is 24.3 Å². The van der Waals surface area contributed by atoms with Crippen molar-refractivity contribution in [3.05, 3.63) is 29.8 Å². The van der Waals surface area contributed by atoms with E-state index in [1.165, 1.54) is 0 Å². The van der Waals surface area contributed by atoms with Gasteiger partial charge in [0.05, 0.1) is 12.1 Å². The molecule has 0 aromatic heterocycles. The second-order valence-corrected chi connectivity index (χ2v) is 7.20. The summed E-state index contributed by atoms with van der Waals surface area (Å²) in [5.74, 6) is 0.308. The standard InChI is InChI=1S/C19H23N3O4/c23-16-7-8-19(20-18(25)14-5-1-2-6-15(14)26-19)9-12-22(16)13-17(24)21-10-3-4-11-21/h1-2,5-6H,3-4,7-13H2,(H,20,25). The molecule has 7 heteroatoms. The molecule has 4 rings (SSSR count). The van der Waals surface area contributed by atoms with Gasteiger partial charge in [-0.05, 0) is 25.0 Å². The summed E-state index contributed by atoms with van der Waals surface area (Å²) in [5, 5.41) is 2.94. The second kappa shape index (κ2) is 6.63. The summed E-state index contributed by atoms with van der Waals surface area (Å²) in [4.78, 5) is 40.8. The Labute approximate surface area is 152 Å². The zero-order valence-corrected chi connectivity index (χ0v) is 14.7. The highest BCUT2D eigenvalue weighted by Gasteiger charge is 2.42. The molecule has 1 aromatic carbocycles. The molecule has 1 aromatic rings. The molecule has 0 aliphatic carbocycles. The number of hydrogen-bond acceptors (Lipinski definition) is 4. The summed E-state index contributed by atoms with van der Waals surface area (Å²) in [6.07, 6.45) is 3.17. The molecule has 3 amide bonds. The minimum atomic E-state index is -0.882. The lowest BCUT2D eigenvalue weighted by atomic mass is 10.0. The van der Waals surface area contributed by atoms with Crippen molar-refractivity contribution in [2.75, 3.05) is 26.2 Å². The fourth-order valence-electron chi connectivity index (χ4n) is 3.91. The highest BCUT2D eigenvalue weighted by atomic mass is 16.5. The van der Waals surface area contributed by atoms with Crippen LogP contribution in [0.1, 0.15) is 42.5 Å². The van der Waals surface area contributed by atoms with E-state index in [-0.39, 0.29) is 30.7 Å². The highest BCUT2D eigenvalue weighted by molar-refractivity contribution is 5.98. The van der Waals surface area contributed by atoms with Gasteiger partial charge in [-0.25, -0.2) is 0 Å². The van der Waals surface area contributed by atoms with E-state index in [0.29, 0.717) is 30.7 Å². The van der Waals surface area contributed by atoms with E-state index in [1.807, 2.05) is 11.0 Å². The number of nitrogens with zero attached hydrogens (tertiary/aromatic N) is 2. The van der Waals surface area contributed by atoms with Gasteiger partial charge >= 0.3 is 0 Å². The zero-order chi connectivity index (χ0) is 18.1. The maximum atomic E-state index is 12.5. The third-order valence-electron chi connectivity index (χ3n) is 5.44. The van der Waals surface area contributed by atoms with Crippen molar-refractivity contribution in [3.63, 3.8) is 0 Å². The number of hydrogen-bond donors (Lipinski definition) is 1. The summed E-state index contributed by atoms with van der Waals surface area (Å²) in [7, 11) is 0. The Hall–Kier alpha value is -2.57. The molecule has 0 bridgehead atoms. The lowest BCUT2D eigenvalue weighted by molar-refractivity contribution is -0.139. The number of fused-ring (bicyclic) bond motifs is 1. The van der Waals surface area contributed by atoms with Crippen LogP contribution in [0.4, 0.5) is 0 Å². The molecule has 3 aliphatic rings. The van der Waals surface area contributed by atoms with Crippen LogP contribution in [0.25, 0.3) is 0 Å². The van der Waals surface area contributed by atoms with Crippen molar-refractivity contribution in [2.24, 2.45) is 0 Å². The highest BCUT2D eigenvalue weighted by Crippen LogP contribution is 2.33. The molecule has 7 nitrogen and oxygen atoms in total. The van der Waals surface area contributed by atoms with Gasteiger partial charge in [0.15, 0.2) is 5.72 Å². The maximum Gasteiger partial charge on any atom is 0.258 e. The Morgan fingerprint density at radius 1 is 1.12 bits per heavy atom. The van der Waals surface area contributed by atoms with Gasteiger partial charge in [-0.3, -0.25) is 14.4 Å². The van der Waals surface area contributed by atoms with Gasteiger partial charge in [0.2, 0.25) is 11.8 Å². The molecule has 0 radical (unpaired) electrons. The largest absolute Gasteiger partial charge is 0.467 e. The Kier molecular flexibility index (Phi) is 4.30. The molecule has 138 valence electrons. The van der Waals surface area contributed by atoms with Crippen LogP contribution in [-0.4, -0.2) is 59.4 Å². The Balaban J connectivity index is 1.46. The van der Waals surface area contributed by atoms with Crippen LogP contribution < -0.4 is 10.1 Å². The van der Waals surface area contributed by atoms with E-state index in [0.717, 1.165) is 25.9 Å². The van der Waals surface area contributed by atoms with E-state index in [9.17, 15) is 14.4 Å². The van der Waals surface area contributed by atoms with Crippen molar-refractivity contribution in [1.82, 2.24) is 15.1 Å². The monoisotopic (exact) mass is 357 g/mol. The number of likely N-dealkylation sites (tertiary alicyclic amines) is 2. The number of rotatable bonds is 2. The molecule has 1 unspecified atom stereocenters. The number of carbonyl (C=O) groups is 3. The van der Waals surface area contributed by atoms with E-state index < -0.39 is 5.72 Å². The maximum absolute atomic E-state index is 12.5. The minimum Gasteiger partial charge on any atom is -0.467 e. The molecule has 2 fully saturated rings. The summed E-state index contributed by atoms with van der Waals surface area (Å²) in [6.45, 7) is 2.06. The summed E-state index contributed by atoms with van der Waals surface area (Å²) in [6, 6.07) is 7.12. The summed E-state index contributed by atoms with van der Waals surface area (Å²) >= 11 is 0. The molecular formula is C19H23N3O4. The van der Waals surface area contributed by atoms with Gasteiger partial charge in [-0.15, -0.1) is 0 Å². The Morgan fingerprint density at radius 3 is 2.69 bits per heavy atom. The van der Waals surface area contributed by atoms with Crippen molar-refractivity contribution < 1.29 is 19.1 Å². The molecule has 3 heterocycles. The van der Waals surface area contributed by atoms with Crippen LogP contribution in [0, 0.1) is 0 Å². The van der Waals surface area contributed by atoms with Crippen molar-refractivity contribution in [1.29, 1.82) is 0 Å². The lowest BCUT2D eigenvalue weighted by Gasteiger charge is -2.38. The molecule has 26 heavy (non-hydrogen) atoms. The third-order valence-corrected chi connectivity index (χ3v) is 5.44. The van der Waals surface area contributed by atoms with Crippen LogP contribution in [0.5, 0.6) is 5.75 Å². The molecule has 3 aliphatic heterocycles. The Bertz CT molecular complexity index is 744. The molecule has 2 saturated heterocycles. The summed E-state index contributed by atoms with van der Waals surface area (Å²) < 4.78 is 6.11. The first kappa shape index (κ1) is 16.9. The molecule has 0 saturated carbocycles. The van der Waals surface area contributed by atoms with Gasteiger partial charge in [0.25, 0.3) is 5.91 Å². The number of amides is 3.